The van der Waals surface area contributed by atoms with E-state index >= 15 is 0 Å². The van der Waals surface area contributed by atoms with Gasteiger partial charge in [0.2, 0.25) is 0 Å². The van der Waals surface area contributed by atoms with E-state index in [-0.39, 0.29) is 0 Å². The van der Waals surface area contributed by atoms with Gasteiger partial charge in [-0.2, -0.15) is 0 Å². The number of carboxylic acid groups (broad SMARTS) is 1. The Morgan fingerprint density at radius 3 is 2.00 bits per heavy atom. The summed E-state index contributed by atoms with van der Waals surface area (Å²) in [7, 11) is 0. The molecule has 0 bridgehead atoms. The topological polar surface area (TPSA) is 101 Å². The standard InChI is InChI=1S/C4H9NO3.CHO.Cu/c1-2(6)3(5)4(7)8;1-2;/h2-3,6H,5H2,1H3,(H,7,8);1H;/t2-,3+;;/m1../s1. The molecule has 0 aliphatic heterocycles. The van der Waals surface area contributed by atoms with Gasteiger partial charge in [-0.05, 0) is 6.92 Å². The molecule has 0 aliphatic carbocycles. The van der Waals surface area contributed by atoms with Crippen LogP contribution in [0.4, 0.5) is 0 Å². The van der Waals surface area contributed by atoms with Crippen LogP contribution in [-0.4, -0.2) is 33.5 Å². The van der Waals surface area contributed by atoms with Crippen molar-refractivity contribution in [1.82, 2.24) is 0 Å². The first-order valence-electron chi connectivity index (χ1n) is 2.63. The second kappa shape index (κ2) is 7.68. The Labute approximate surface area is 72.4 Å². The SMILES string of the molecule is C[C@@H](O)[C@H](N)C(=O)O.O=[CH][Cu]. The molecule has 0 amide bonds. The van der Waals surface area contributed by atoms with Gasteiger partial charge in [0.05, 0.1) is 6.10 Å². The summed E-state index contributed by atoms with van der Waals surface area (Å²) in [5, 5.41) is 16.9. The van der Waals surface area contributed by atoms with Crippen LogP contribution in [0.15, 0.2) is 0 Å². The number of carbonyl (C=O) groups is 2. The molecule has 5 nitrogen and oxygen atoms in total. The summed E-state index contributed by atoms with van der Waals surface area (Å²) in [6, 6.07) is -1.16. The van der Waals surface area contributed by atoms with Crippen molar-refractivity contribution < 1.29 is 35.8 Å². The molecule has 0 aromatic carbocycles. The van der Waals surface area contributed by atoms with E-state index in [1.807, 2.05) is 0 Å². The Bertz CT molecular complexity index is 128. The Kier molecular flexibility index (Phi) is 9.21. The second-order valence-corrected chi connectivity index (χ2v) is 1.90. The van der Waals surface area contributed by atoms with Gasteiger partial charge in [0.1, 0.15) is 6.04 Å². The van der Waals surface area contributed by atoms with E-state index in [1.165, 1.54) is 6.92 Å². The number of hydrogen-bond acceptors (Lipinski definition) is 4. The monoisotopic (exact) mass is 211 g/mol. The molecule has 70 valence electrons. The number of nitrogens with two attached hydrogens (primary N) is 1. The number of aliphatic hydroxyl groups is 1. The van der Waals surface area contributed by atoms with Gasteiger partial charge in [-0.15, -0.1) is 0 Å². The number of carboxylic acids is 1. The third kappa shape index (κ3) is 9.58. The Hall–Kier alpha value is -0.421. The molecule has 0 saturated heterocycles. The van der Waals surface area contributed by atoms with Crippen molar-refractivity contribution in [3.05, 3.63) is 0 Å². The number of hydrogen-bond donors (Lipinski definition) is 3. The molecular formula is C5H10CuNO4. The fraction of sp³-hybridized carbons (Fsp3) is 0.600. The summed E-state index contributed by atoms with van der Waals surface area (Å²) >= 11 is 3.83. The Morgan fingerprint density at radius 1 is 1.73 bits per heavy atom. The molecule has 0 aliphatic rings. The molecular weight excluding hydrogens is 202 g/mol. The molecule has 4 N–H and O–H groups in total. The van der Waals surface area contributed by atoms with Crippen molar-refractivity contribution in [3.8, 4) is 0 Å². The predicted octanol–water partition coefficient (Wildman–Crippen LogP) is -1.50. The average Bonchev–Trinajstić information content (AvgIpc) is 1.87. The summed E-state index contributed by atoms with van der Waals surface area (Å²) < 4.78 is 0. The Morgan fingerprint density at radius 2 is 2.00 bits per heavy atom. The van der Waals surface area contributed by atoms with Gasteiger partial charge < -0.3 is 15.9 Å². The maximum absolute atomic E-state index is 9.86. The van der Waals surface area contributed by atoms with Crippen LogP contribution in [0.3, 0.4) is 0 Å². The molecule has 0 heterocycles. The molecule has 6 heteroatoms. The number of aliphatic carboxylic acids is 1. The predicted molar refractivity (Wildman–Crippen MR) is 34.0 cm³/mol. The fourth-order valence-corrected chi connectivity index (χ4v) is 0.206. The van der Waals surface area contributed by atoms with Crippen LogP contribution in [0, 0.1) is 0 Å². The van der Waals surface area contributed by atoms with Crippen LogP contribution in [0.5, 0.6) is 0 Å². The average molecular weight is 212 g/mol. The molecule has 0 radical (unpaired) electrons. The maximum atomic E-state index is 9.86. The summed E-state index contributed by atoms with van der Waals surface area (Å²) in [5.41, 5.74) is 4.91. The van der Waals surface area contributed by atoms with Crippen molar-refractivity contribution in [2.75, 3.05) is 0 Å². The van der Waals surface area contributed by atoms with Gasteiger partial charge >= 0.3 is 32.0 Å². The minimum atomic E-state index is -1.18. The van der Waals surface area contributed by atoms with Crippen LogP contribution < -0.4 is 5.73 Å². The number of rotatable bonds is 2. The molecule has 0 spiro atoms. The van der Waals surface area contributed by atoms with E-state index < -0.39 is 18.1 Å². The van der Waals surface area contributed by atoms with E-state index in [0.717, 1.165) is 0 Å². The first kappa shape index (κ1) is 13.2. The summed E-state index contributed by atoms with van der Waals surface area (Å²) in [5.74, 6) is -1.18. The van der Waals surface area contributed by atoms with E-state index in [2.05, 4.69) is 16.0 Å². The summed E-state index contributed by atoms with van der Waals surface area (Å²) in [4.78, 5) is 18.5. The van der Waals surface area contributed by atoms with Crippen LogP contribution in [0.2, 0.25) is 0 Å². The van der Waals surface area contributed by atoms with Crippen LogP contribution in [0.1, 0.15) is 6.92 Å². The third-order valence-electron chi connectivity index (χ3n) is 0.805. The molecule has 0 unspecified atom stereocenters. The normalized spacial score (nSPS) is 13.9. The van der Waals surface area contributed by atoms with Gasteiger partial charge in [-0.3, -0.25) is 4.79 Å². The fourth-order valence-electron chi connectivity index (χ4n) is 0.206. The van der Waals surface area contributed by atoms with Gasteiger partial charge in [-0.25, -0.2) is 0 Å². The van der Waals surface area contributed by atoms with Crippen molar-refractivity contribution in [1.29, 1.82) is 0 Å². The van der Waals surface area contributed by atoms with E-state index in [1.54, 1.807) is 0 Å². The zero-order valence-electron chi connectivity index (χ0n) is 5.82. The zero-order valence-corrected chi connectivity index (χ0v) is 6.76. The Balaban J connectivity index is 0. The van der Waals surface area contributed by atoms with Gasteiger partial charge in [-0.1, -0.05) is 0 Å². The van der Waals surface area contributed by atoms with Crippen LogP contribution >= 0.6 is 0 Å². The van der Waals surface area contributed by atoms with E-state index in [4.69, 9.17) is 20.7 Å². The van der Waals surface area contributed by atoms with Crippen LogP contribution in [0.25, 0.3) is 0 Å². The molecule has 11 heavy (non-hydrogen) atoms. The molecule has 0 aromatic heterocycles. The first-order chi connectivity index (χ1) is 4.97. The second-order valence-electron chi connectivity index (χ2n) is 1.68. The van der Waals surface area contributed by atoms with Gasteiger partial charge in [0.15, 0.2) is 0 Å². The molecule has 0 rings (SSSR count). The first-order valence-corrected chi connectivity index (χ1v) is 3.17. The quantitative estimate of drug-likeness (QED) is 0.381. The van der Waals surface area contributed by atoms with E-state index in [0.29, 0.717) is 5.18 Å². The minimum absolute atomic E-state index is 0.312. The van der Waals surface area contributed by atoms with Crippen molar-refractivity contribution >= 4 is 11.2 Å². The van der Waals surface area contributed by atoms with E-state index in [9.17, 15) is 4.79 Å². The molecule has 0 saturated carbocycles. The number of aliphatic hydroxyl groups excluding tert-OH is 1. The van der Waals surface area contributed by atoms with Gasteiger partial charge in [0.25, 0.3) is 0 Å². The summed E-state index contributed by atoms with van der Waals surface area (Å²) in [6.07, 6.45) is -0.979. The molecule has 2 atom stereocenters. The number of carbonyl (C=O) groups excluding carboxylic acids is 1. The van der Waals surface area contributed by atoms with Crippen molar-refractivity contribution in [2.45, 2.75) is 19.1 Å². The van der Waals surface area contributed by atoms with Crippen LogP contribution in [-0.2, 0) is 25.6 Å². The summed E-state index contributed by atoms with van der Waals surface area (Å²) in [6.45, 7) is 1.33. The van der Waals surface area contributed by atoms with Crippen molar-refractivity contribution in [2.24, 2.45) is 5.73 Å². The van der Waals surface area contributed by atoms with Crippen molar-refractivity contribution in [3.63, 3.8) is 0 Å². The zero-order chi connectivity index (χ0) is 9.44. The third-order valence-corrected chi connectivity index (χ3v) is 0.805. The molecule has 0 aromatic rings. The van der Waals surface area contributed by atoms with Gasteiger partial charge in [0, 0.05) is 0 Å². The molecule has 0 fully saturated rings.